The molecule has 0 aromatic carbocycles. The van der Waals surface area contributed by atoms with E-state index < -0.39 is 0 Å². The molecular formula is C13H20N2. The minimum Gasteiger partial charge on any atom is -0.385 e. The van der Waals surface area contributed by atoms with Gasteiger partial charge in [-0.25, -0.2) is 0 Å². The van der Waals surface area contributed by atoms with Crippen molar-refractivity contribution in [1.82, 2.24) is 4.98 Å². The van der Waals surface area contributed by atoms with Gasteiger partial charge in [-0.1, -0.05) is 32.1 Å². The standard InChI is InChI=1S/C13H20N2/c1-2-4-12(5-3-1)6-11-15-13-7-9-14-10-8-13/h7-10,12H,1-6,11H2,(H,14,15). The van der Waals surface area contributed by atoms with Crippen molar-refractivity contribution in [2.75, 3.05) is 11.9 Å². The van der Waals surface area contributed by atoms with Crippen LogP contribution in [0.2, 0.25) is 0 Å². The quantitative estimate of drug-likeness (QED) is 0.812. The summed E-state index contributed by atoms with van der Waals surface area (Å²) < 4.78 is 0. The molecule has 1 N–H and O–H groups in total. The van der Waals surface area contributed by atoms with E-state index >= 15 is 0 Å². The Bertz CT molecular complexity index is 265. The number of hydrogen-bond acceptors (Lipinski definition) is 2. The van der Waals surface area contributed by atoms with Gasteiger partial charge in [-0.15, -0.1) is 0 Å². The Labute approximate surface area is 92.1 Å². The molecule has 2 nitrogen and oxygen atoms in total. The number of pyridine rings is 1. The van der Waals surface area contributed by atoms with Crippen molar-refractivity contribution in [1.29, 1.82) is 0 Å². The van der Waals surface area contributed by atoms with Crippen LogP contribution in [0, 0.1) is 5.92 Å². The Kier molecular flexibility index (Phi) is 4.01. The first-order valence-corrected chi connectivity index (χ1v) is 6.09. The number of nitrogens with zero attached hydrogens (tertiary/aromatic N) is 1. The summed E-state index contributed by atoms with van der Waals surface area (Å²) >= 11 is 0. The molecule has 0 unspecified atom stereocenters. The van der Waals surface area contributed by atoms with Crippen molar-refractivity contribution >= 4 is 5.69 Å². The molecule has 2 rings (SSSR count). The molecule has 0 radical (unpaired) electrons. The number of anilines is 1. The predicted octanol–water partition coefficient (Wildman–Crippen LogP) is 3.46. The van der Waals surface area contributed by atoms with Gasteiger partial charge in [0.05, 0.1) is 0 Å². The summed E-state index contributed by atoms with van der Waals surface area (Å²) in [6.45, 7) is 1.11. The van der Waals surface area contributed by atoms with Crippen LogP contribution in [0.3, 0.4) is 0 Å². The maximum atomic E-state index is 4.00. The zero-order chi connectivity index (χ0) is 10.3. The van der Waals surface area contributed by atoms with Gasteiger partial charge in [-0.05, 0) is 24.5 Å². The summed E-state index contributed by atoms with van der Waals surface area (Å²) in [5, 5.41) is 3.45. The molecule has 1 fully saturated rings. The van der Waals surface area contributed by atoms with Crippen LogP contribution in [0.4, 0.5) is 5.69 Å². The molecule has 82 valence electrons. The lowest BCUT2D eigenvalue weighted by atomic mass is 9.87. The molecule has 0 bridgehead atoms. The lowest BCUT2D eigenvalue weighted by molar-refractivity contribution is 0.345. The molecule has 2 heteroatoms. The van der Waals surface area contributed by atoms with Crippen LogP contribution in [0.1, 0.15) is 38.5 Å². The van der Waals surface area contributed by atoms with Gasteiger partial charge in [0.2, 0.25) is 0 Å². The molecule has 1 aliphatic rings. The highest BCUT2D eigenvalue weighted by Crippen LogP contribution is 2.26. The molecule has 15 heavy (non-hydrogen) atoms. The predicted molar refractivity (Wildman–Crippen MR) is 63.9 cm³/mol. The fourth-order valence-corrected chi connectivity index (χ4v) is 2.37. The van der Waals surface area contributed by atoms with E-state index in [1.165, 1.54) is 44.2 Å². The molecule has 0 spiro atoms. The molecular weight excluding hydrogens is 184 g/mol. The smallest absolute Gasteiger partial charge is 0.0371 e. The SMILES string of the molecule is c1cc(NCCC2CCCCC2)ccn1. The van der Waals surface area contributed by atoms with Crippen LogP contribution in [0.25, 0.3) is 0 Å². The molecule has 1 aliphatic carbocycles. The molecule has 0 atom stereocenters. The maximum Gasteiger partial charge on any atom is 0.0371 e. The summed E-state index contributed by atoms with van der Waals surface area (Å²) in [6, 6.07) is 4.06. The topological polar surface area (TPSA) is 24.9 Å². The Hall–Kier alpha value is -1.05. The van der Waals surface area contributed by atoms with Crippen molar-refractivity contribution in [2.24, 2.45) is 5.92 Å². The molecule has 1 aromatic rings. The van der Waals surface area contributed by atoms with E-state index in [1.807, 2.05) is 24.5 Å². The zero-order valence-corrected chi connectivity index (χ0v) is 9.28. The van der Waals surface area contributed by atoms with E-state index in [0.717, 1.165) is 12.5 Å². The Balaban J connectivity index is 1.66. The van der Waals surface area contributed by atoms with Crippen LogP contribution in [0.5, 0.6) is 0 Å². The van der Waals surface area contributed by atoms with E-state index in [9.17, 15) is 0 Å². The fourth-order valence-electron chi connectivity index (χ4n) is 2.37. The highest BCUT2D eigenvalue weighted by Gasteiger charge is 2.12. The van der Waals surface area contributed by atoms with E-state index in [4.69, 9.17) is 0 Å². The molecule has 1 saturated carbocycles. The second-order valence-electron chi connectivity index (χ2n) is 4.46. The first-order chi connectivity index (χ1) is 7.45. The van der Waals surface area contributed by atoms with Gasteiger partial charge in [0.25, 0.3) is 0 Å². The van der Waals surface area contributed by atoms with Gasteiger partial charge in [0.15, 0.2) is 0 Å². The van der Waals surface area contributed by atoms with Crippen molar-refractivity contribution in [2.45, 2.75) is 38.5 Å². The molecule has 0 amide bonds. The van der Waals surface area contributed by atoms with Gasteiger partial charge < -0.3 is 5.32 Å². The van der Waals surface area contributed by atoms with Crippen LogP contribution in [-0.2, 0) is 0 Å². The Morgan fingerprint density at radius 1 is 1.13 bits per heavy atom. The van der Waals surface area contributed by atoms with Gasteiger partial charge in [-0.2, -0.15) is 0 Å². The van der Waals surface area contributed by atoms with Gasteiger partial charge in [0, 0.05) is 24.6 Å². The minimum absolute atomic E-state index is 0.966. The minimum atomic E-state index is 0.966. The first kappa shape index (κ1) is 10.5. The number of nitrogens with one attached hydrogen (secondary N) is 1. The van der Waals surface area contributed by atoms with Crippen molar-refractivity contribution < 1.29 is 0 Å². The fraction of sp³-hybridized carbons (Fsp3) is 0.615. The Morgan fingerprint density at radius 2 is 1.87 bits per heavy atom. The van der Waals surface area contributed by atoms with Crippen molar-refractivity contribution in [3.63, 3.8) is 0 Å². The van der Waals surface area contributed by atoms with Gasteiger partial charge >= 0.3 is 0 Å². The molecule has 1 heterocycles. The molecule has 1 aromatic heterocycles. The third-order valence-corrected chi connectivity index (χ3v) is 3.29. The van der Waals surface area contributed by atoms with Crippen LogP contribution < -0.4 is 5.32 Å². The van der Waals surface area contributed by atoms with Crippen LogP contribution in [0.15, 0.2) is 24.5 Å². The second-order valence-corrected chi connectivity index (χ2v) is 4.46. The molecule has 0 aliphatic heterocycles. The summed E-state index contributed by atoms with van der Waals surface area (Å²) in [6.07, 6.45) is 12.2. The zero-order valence-electron chi connectivity index (χ0n) is 9.28. The normalized spacial score (nSPS) is 17.6. The first-order valence-electron chi connectivity index (χ1n) is 6.09. The summed E-state index contributed by atoms with van der Waals surface area (Å²) in [4.78, 5) is 4.00. The van der Waals surface area contributed by atoms with Crippen LogP contribution >= 0.6 is 0 Å². The summed E-state index contributed by atoms with van der Waals surface area (Å²) in [5.41, 5.74) is 1.20. The Morgan fingerprint density at radius 3 is 2.60 bits per heavy atom. The number of aromatic nitrogens is 1. The highest BCUT2D eigenvalue weighted by molar-refractivity contribution is 5.40. The van der Waals surface area contributed by atoms with E-state index in [2.05, 4.69) is 10.3 Å². The number of hydrogen-bond donors (Lipinski definition) is 1. The van der Waals surface area contributed by atoms with Gasteiger partial charge in [0.1, 0.15) is 0 Å². The maximum absolute atomic E-state index is 4.00. The van der Waals surface area contributed by atoms with Crippen molar-refractivity contribution in [3.8, 4) is 0 Å². The lowest BCUT2D eigenvalue weighted by Gasteiger charge is -2.21. The summed E-state index contributed by atoms with van der Waals surface area (Å²) in [5.74, 6) is 0.966. The van der Waals surface area contributed by atoms with Gasteiger partial charge in [-0.3, -0.25) is 4.98 Å². The largest absolute Gasteiger partial charge is 0.385 e. The third kappa shape index (κ3) is 3.54. The average Bonchev–Trinajstić information content (AvgIpc) is 2.32. The second kappa shape index (κ2) is 5.74. The van der Waals surface area contributed by atoms with E-state index in [0.29, 0.717) is 0 Å². The monoisotopic (exact) mass is 204 g/mol. The lowest BCUT2D eigenvalue weighted by Crippen LogP contribution is -2.12. The van der Waals surface area contributed by atoms with Crippen LogP contribution in [-0.4, -0.2) is 11.5 Å². The summed E-state index contributed by atoms with van der Waals surface area (Å²) in [7, 11) is 0. The average molecular weight is 204 g/mol. The van der Waals surface area contributed by atoms with Crippen molar-refractivity contribution in [3.05, 3.63) is 24.5 Å². The van der Waals surface area contributed by atoms with E-state index in [1.54, 1.807) is 0 Å². The highest BCUT2D eigenvalue weighted by atomic mass is 14.9. The molecule has 0 saturated heterocycles. The van der Waals surface area contributed by atoms with E-state index in [-0.39, 0.29) is 0 Å². The third-order valence-electron chi connectivity index (χ3n) is 3.29. The number of rotatable bonds is 4.